The molecule has 2 N–H and O–H groups in total. The van der Waals surface area contributed by atoms with Crippen LogP contribution in [-0.2, 0) is 19.4 Å². The normalized spacial score (nSPS) is 27.8. The molecule has 1 aliphatic heterocycles. The smallest absolute Gasteiger partial charge is 0.235 e. The Hall–Kier alpha value is -1.93. The van der Waals surface area contributed by atoms with Crippen molar-refractivity contribution in [3.63, 3.8) is 0 Å². The van der Waals surface area contributed by atoms with Crippen molar-refractivity contribution in [2.75, 3.05) is 19.3 Å². The first-order chi connectivity index (χ1) is 14.1. The van der Waals surface area contributed by atoms with Crippen LogP contribution in [0.5, 0.6) is 0 Å². The summed E-state index contributed by atoms with van der Waals surface area (Å²) < 4.78 is 26.3. The average Bonchev–Trinajstić information content (AvgIpc) is 3.09. The van der Waals surface area contributed by atoms with Crippen LogP contribution in [0.1, 0.15) is 39.5 Å². The summed E-state index contributed by atoms with van der Waals surface area (Å²) in [5.74, 6) is -1.82. The zero-order valence-electron chi connectivity index (χ0n) is 18.0. The molecule has 1 saturated carbocycles. The Bertz CT molecular complexity index is 872. The molecule has 7 nitrogen and oxygen atoms in total. The van der Waals surface area contributed by atoms with Gasteiger partial charge in [-0.25, -0.2) is 8.42 Å². The van der Waals surface area contributed by atoms with E-state index in [-0.39, 0.29) is 29.7 Å². The number of nitrogens with zero attached hydrogens (tertiary/aromatic N) is 2. The maximum atomic E-state index is 13.1. The number of primary amides is 1. The molecule has 4 atom stereocenters. The molecule has 1 saturated heterocycles. The molecule has 1 aromatic carbocycles. The molecule has 8 heteroatoms. The molecule has 2 aliphatic rings. The minimum atomic E-state index is -3.49. The molecule has 1 heterocycles. The molecule has 3 rings (SSSR count). The van der Waals surface area contributed by atoms with Gasteiger partial charge < -0.3 is 15.5 Å². The SMILES string of the molecule is CC(C)N(C)[C@@H]1CC[C@H](N2CC[C@@H](C(N)=O)C2=O)[C@H](CS(=O)(=O)c2ccccc2)C1. The van der Waals surface area contributed by atoms with E-state index in [1.54, 1.807) is 35.2 Å². The fraction of sp³-hybridized carbons (Fsp3) is 0.636. The van der Waals surface area contributed by atoms with Crippen molar-refractivity contribution in [3.8, 4) is 0 Å². The summed E-state index contributed by atoms with van der Waals surface area (Å²) in [6.07, 6.45) is 2.74. The van der Waals surface area contributed by atoms with E-state index >= 15 is 0 Å². The lowest BCUT2D eigenvalue weighted by molar-refractivity contribution is -0.139. The number of amides is 2. The summed E-state index contributed by atoms with van der Waals surface area (Å²) in [6.45, 7) is 4.72. The van der Waals surface area contributed by atoms with E-state index in [0.717, 1.165) is 12.8 Å². The highest BCUT2D eigenvalue weighted by Gasteiger charge is 2.45. The second-order valence-electron chi connectivity index (χ2n) is 8.92. The van der Waals surface area contributed by atoms with Crippen molar-refractivity contribution in [1.82, 2.24) is 9.80 Å². The molecule has 2 amide bonds. The van der Waals surface area contributed by atoms with E-state index in [0.29, 0.717) is 30.3 Å². The predicted molar refractivity (Wildman–Crippen MR) is 115 cm³/mol. The number of carbonyl (C=O) groups excluding carboxylic acids is 2. The third-order valence-electron chi connectivity index (χ3n) is 6.82. The van der Waals surface area contributed by atoms with Crippen molar-refractivity contribution >= 4 is 21.7 Å². The second kappa shape index (κ2) is 9.06. The largest absolute Gasteiger partial charge is 0.369 e. The van der Waals surface area contributed by atoms with Gasteiger partial charge in [0.1, 0.15) is 5.92 Å². The zero-order valence-corrected chi connectivity index (χ0v) is 18.8. The van der Waals surface area contributed by atoms with Gasteiger partial charge in [0, 0.05) is 24.7 Å². The number of sulfone groups is 1. The summed E-state index contributed by atoms with van der Waals surface area (Å²) in [5, 5.41) is 0. The topological polar surface area (TPSA) is 101 Å². The van der Waals surface area contributed by atoms with Gasteiger partial charge in [-0.2, -0.15) is 0 Å². The van der Waals surface area contributed by atoms with Crippen molar-refractivity contribution < 1.29 is 18.0 Å². The molecule has 2 fully saturated rings. The van der Waals surface area contributed by atoms with Crippen LogP contribution in [0.2, 0.25) is 0 Å². The highest BCUT2D eigenvalue weighted by atomic mass is 32.2. The summed E-state index contributed by atoms with van der Waals surface area (Å²) in [5.41, 5.74) is 5.40. The molecule has 0 spiro atoms. The summed E-state index contributed by atoms with van der Waals surface area (Å²) in [7, 11) is -1.42. The maximum absolute atomic E-state index is 13.1. The van der Waals surface area contributed by atoms with Crippen molar-refractivity contribution in [1.29, 1.82) is 0 Å². The minimum Gasteiger partial charge on any atom is -0.369 e. The van der Waals surface area contributed by atoms with Crippen molar-refractivity contribution in [3.05, 3.63) is 30.3 Å². The van der Waals surface area contributed by atoms with Crippen LogP contribution in [0.15, 0.2) is 35.2 Å². The monoisotopic (exact) mass is 435 g/mol. The van der Waals surface area contributed by atoms with Gasteiger partial charge in [-0.05, 0) is 64.6 Å². The van der Waals surface area contributed by atoms with Crippen molar-refractivity contribution in [2.24, 2.45) is 17.6 Å². The third-order valence-corrected chi connectivity index (χ3v) is 8.68. The standard InChI is InChI=1S/C22H33N3O4S/c1-15(2)24(3)17-9-10-20(25-12-11-19(21(23)26)22(25)27)16(13-17)14-30(28,29)18-7-5-4-6-8-18/h4-8,15-17,19-20H,9-14H2,1-3H3,(H2,23,26)/t16-,17+,19-,20-/m0/s1. The quantitative estimate of drug-likeness (QED) is 0.657. The molecule has 1 aliphatic carbocycles. The van der Waals surface area contributed by atoms with Gasteiger partial charge in [0.25, 0.3) is 0 Å². The van der Waals surface area contributed by atoms with E-state index in [4.69, 9.17) is 5.73 Å². The first kappa shape index (κ1) is 22.7. The lowest BCUT2D eigenvalue weighted by Gasteiger charge is -2.44. The van der Waals surface area contributed by atoms with E-state index < -0.39 is 21.7 Å². The number of hydrogen-bond donors (Lipinski definition) is 1. The Kier molecular flexibility index (Phi) is 6.87. The van der Waals surface area contributed by atoms with Gasteiger partial charge in [0.15, 0.2) is 9.84 Å². The Morgan fingerprint density at radius 3 is 2.43 bits per heavy atom. The first-order valence-electron chi connectivity index (χ1n) is 10.7. The number of benzene rings is 1. The fourth-order valence-corrected chi connectivity index (χ4v) is 6.59. The zero-order chi connectivity index (χ0) is 22.1. The van der Waals surface area contributed by atoms with Gasteiger partial charge in [0.2, 0.25) is 11.8 Å². The number of rotatable bonds is 7. The van der Waals surface area contributed by atoms with Gasteiger partial charge in [-0.15, -0.1) is 0 Å². The Morgan fingerprint density at radius 2 is 1.87 bits per heavy atom. The van der Waals surface area contributed by atoms with E-state index in [1.807, 2.05) is 0 Å². The van der Waals surface area contributed by atoms with Crippen LogP contribution in [0.4, 0.5) is 0 Å². The van der Waals surface area contributed by atoms with Crippen LogP contribution in [-0.4, -0.2) is 67.5 Å². The second-order valence-corrected chi connectivity index (χ2v) is 11.0. The number of likely N-dealkylation sites (tertiary alicyclic amines) is 1. The molecule has 0 bridgehead atoms. The van der Waals surface area contributed by atoms with Crippen LogP contribution in [0.3, 0.4) is 0 Å². The molecule has 30 heavy (non-hydrogen) atoms. The fourth-order valence-electron chi connectivity index (χ4n) is 4.91. The van der Waals surface area contributed by atoms with Gasteiger partial charge >= 0.3 is 0 Å². The minimum absolute atomic E-state index is 0.00483. The molecule has 1 aromatic rings. The van der Waals surface area contributed by atoms with Gasteiger partial charge in [0.05, 0.1) is 10.6 Å². The molecular weight excluding hydrogens is 402 g/mol. The highest BCUT2D eigenvalue weighted by molar-refractivity contribution is 7.91. The van der Waals surface area contributed by atoms with Gasteiger partial charge in [-0.1, -0.05) is 18.2 Å². The summed E-state index contributed by atoms with van der Waals surface area (Å²) in [4.78, 5) is 28.8. The lowest BCUT2D eigenvalue weighted by Crippen LogP contribution is -2.52. The maximum Gasteiger partial charge on any atom is 0.235 e. The number of nitrogens with two attached hydrogens (primary N) is 1. The van der Waals surface area contributed by atoms with Gasteiger partial charge in [-0.3, -0.25) is 9.59 Å². The Balaban J connectivity index is 1.86. The van der Waals surface area contributed by atoms with Crippen LogP contribution in [0.25, 0.3) is 0 Å². The van der Waals surface area contributed by atoms with Crippen LogP contribution < -0.4 is 5.73 Å². The molecule has 0 unspecified atom stereocenters. The Labute approximate surface area is 179 Å². The van der Waals surface area contributed by atoms with E-state index in [1.165, 1.54) is 0 Å². The third kappa shape index (κ3) is 4.70. The number of carbonyl (C=O) groups is 2. The van der Waals surface area contributed by atoms with E-state index in [2.05, 4.69) is 25.8 Å². The Morgan fingerprint density at radius 1 is 1.20 bits per heavy atom. The highest BCUT2D eigenvalue weighted by Crippen LogP contribution is 2.36. The van der Waals surface area contributed by atoms with Crippen LogP contribution >= 0.6 is 0 Å². The summed E-state index contributed by atoms with van der Waals surface area (Å²) >= 11 is 0. The molecule has 166 valence electrons. The van der Waals surface area contributed by atoms with E-state index in [9.17, 15) is 18.0 Å². The predicted octanol–water partition coefficient (Wildman–Crippen LogP) is 1.67. The van der Waals surface area contributed by atoms with Crippen LogP contribution in [0, 0.1) is 11.8 Å². The molecular formula is C22H33N3O4S. The van der Waals surface area contributed by atoms with Crippen molar-refractivity contribution in [2.45, 2.75) is 62.6 Å². The first-order valence-corrected chi connectivity index (χ1v) is 12.4. The molecule has 0 radical (unpaired) electrons. The number of hydrogen-bond acceptors (Lipinski definition) is 5. The lowest BCUT2D eigenvalue weighted by atomic mass is 9.81. The average molecular weight is 436 g/mol. The summed E-state index contributed by atoms with van der Waals surface area (Å²) in [6, 6.07) is 8.92. The molecule has 0 aromatic heterocycles.